The van der Waals surface area contributed by atoms with E-state index >= 15 is 0 Å². The van der Waals surface area contributed by atoms with Gasteiger partial charge in [0, 0.05) is 0 Å². The first-order chi connectivity index (χ1) is 8.30. The Balaban J connectivity index is 2.55. The second kappa shape index (κ2) is 4.84. The van der Waals surface area contributed by atoms with Crippen molar-refractivity contribution in [2.45, 2.75) is 6.61 Å². The van der Waals surface area contributed by atoms with Gasteiger partial charge in [-0.2, -0.15) is 5.10 Å². The van der Waals surface area contributed by atoms with Crippen molar-refractivity contribution >= 4 is 0 Å². The highest BCUT2D eigenvalue weighted by Crippen LogP contribution is 2.35. The zero-order valence-corrected chi connectivity index (χ0v) is 9.60. The van der Waals surface area contributed by atoms with Gasteiger partial charge in [0.1, 0.15) is 23.7 Å². The van der Waals surface area contributed by atoms with Gasteiger partial charge in [-0.25, -0.2) is 4.98 Å². The maximum absolute atomic E-state index is 8.95. The van der Waals surface area contributed by atoms with E-state index in [-0.39, 0.29) is 6.61 Å². The lowest BCUT2D eigenvalue weighted by atomic mass is 10.1. The smallest absolute Gasteiger partial charge is 0.188 e. The fourth-order valence-corrected chi connectivity index (χ4v) is 1.55. The average Bonchev–Trinajstić information content (AvgIpc) is 2.86. The number of benzene rings is 1. The fourth-order valence-electron chi connectivity index (χ4n) is 1.55. The van der Waals surface area contributed by atoms with Crippen molar-refractivity contribution in [3.63, 3.8) is 0 Å². The van der Waals surface area contributed by atoms with E-state index in [1.165, 1.54) is 0 Å². The number of nitrogens with one attached hydrogen (secondary N) is 1. The van der Waals surface area contributed by atoms with Crippen molar-refractivity contribution in [3.8, 4) is 22.9 Å². The molecule has 2 N–H and O–H groups in total. The van der Waals surface area contributed by atoms with Crippen LogP contribution < -0.4 is 9.47 Å². The van der Waals surface area contributed by atoms with Crippen LogP contribution in [0.2, 0.25) is 0 Å². The van der Waals surface area contributed by atoms with Crippen LogP contribution in [0.3, 0.4) is 0 Å². The van der Waals surface area contributed by atoms with Gasteiger partial charge >= 0.3 is 0 Å². The Morgan fingerprint density at radius 3 is 2.35 bits per heavy atom. The SMILES string of the molecule is COc1cccc(OC)c1-c1n[nH]c(CO)n1. The van der Waals surface area contributed by atoms with Crippen LogP contribution >= 0.6 is 0 Å². The van der Waals surface area contributed by atoms with Gasteiger partial charge in [0.15, 0.2) is 11.6 Å². The number of ether oxygens (including phenoxy) is 2. The first-order valence-corrected chi connectivity index (χ1v) is 5.03. The maximum Gasteiger partial charge on any atom is 0.188 e. The molecular formula is C11H13N3O3. The number of H-pyrrole nitrogens is 1. The summed E-state index contributed by atoms with van der Waals surface area (Å²) in [6.45, 7) is -0.190. The average molecular weight is 235 g/mol. The quantitative estimate of drug-likeness (QED) is 0.825. The van der Waals surface area contributed by atoms with Crippen LogP contribution in [-0.2, 0) is 6.61 Å². The largest absolute Gasteiger partial charge is 0.496 e. The minimum atomic E-state index is -0.190. The van der Waals surface area contributed by atoms with Gasteiger partial charge in [0.25, 0.3) is 0 Å². The number of aliphatic hydroxyl groups is 1. The van der Waals surface area contributed by atoms with Gasteiger partial charge in [0.05, 0.1) is 14.2 Å². The van der Waals surface area contributed by atoms with E-state index in [9.17, 15) is 0 Å². The normalized spacial score (nSPS) is 10.3. The number of aromatic nitrogens is 3. The fraction of sp³-hybridized carbons (Fsp3) is 0.273. The molecule has 90 valence electrons. The van der Waals surface area contributed by atoms with Crippen LogP contribution in [-0.4, -0.2) is 34.5 Å². The van der Waals surface area contributed by atoms with Gasteiger partial charge in [0.2, 0.25) is 0 Å². The first kappa shape index (κ1) is 11.4. The number of aromatic amines is 1. The Hall–Kier alpha value is -2.08. The number of hydrogen-bond donors (Lipinski definition) is 2. The van der Waals surface area contributed by atoms with Crippen LogP contribution in [0.5, 0.6) is 11.5 Å². The predicted octanol–water partition coefficient (Wildman–Crippen LogP) is 0.981. The lowest BCUT2D eigenvalue weighted by Gasteiger charge is -2.09. The number of nitrogens with zero attached hydrogens (tertiary/aromatic N) is 2. The molecule has 0 saturated carbocycles. The molecule has 2 aromatic rings. The monoisotopic (exact) mass is 235 g/mol. The van der Waals surface area contributed by atoms with Crippen LogP contribution in [0.15, 0.2) is 18.2 Å². The summed E-state index contributed by atoms with van der Waals surface area (Å²) in [7, 11) is 3.13. The van der Waals surface area contributed by atoms with E-state index in [1.807, 2.05) is 6.07 Å². The molecule has 2 rings (SSSR count). The predicted molar refractivity (Wildman–Crippen MR) is 60.8 cm³/mol. The third-order valence-electron chi connectivity index (χ3n) is 2.33. The minimum Gasteiger partial charge on any atom is -0.496 e. The van der Waals surface area contributed by atoms with E-state index < -0.39 is 0 Å². The number of hydrogen-bond acceptors (Lipinski definition) is 5. The summed E-state index contributed by atoms with van der Waals surface area (Å²) in [5.74, 6) is 2.07. The first-order valence-electron chi connectivity index (χ1n) is 5.03. The zero-order chi connectivity index (χ0) is 12.3. The molecule has 0 spiro atoms. The molecular weight excluding hydrogens is 222 g/mol. The van der Waals surface area contributed by atoms with Crippen molar-refractivity contribution < 1.29 is 14.6 Å². The Labute approximate surface area is 98.2 Å². The van der Waals surface area contributed by atoms with E-state index in [4.69, 9.17) is 14.6 Å². The second-order valence-electron chi connectivity index (χ2n) is 3.30. The molecule has 1 aromatic carbocycles. The van der Waals surface area contributed by atoms with Gasteiger partial charge in [-0.05, 0) is 12.1 Å². The number of aliphatic hydroxyl groups excluding tert-OH is 1. The highest BCUT2D eigenvalue weighted by molar-refractivity contribution is 5.71. The summed E-state index contributed by atoms with van der Waals surface area (Å²) >= 11 is 0. The van der Waals surface area contributed by atoms with Gasteiger partial charge < -0.3 is 14.6 Å². The topological polar surface area (TPSA) is 80.3 Å². The van der Waals surface area contributed by atoms with Gasteiger partial charge in [-0.15, -0.1) is 0 Å². The highest BCUT2D eigenvalue weighted by atomic mass is 16.5. The van der Waals surface area contributed by atoms with E-state index in [0.29, 0.717) is 28.7 Å². The summed E-state index contributed by atoms with van der Waals surface area (Å²) in [5, 5.41) is 15.6. The Bertz CT molecular complexity index is 488. The van der Waals surface area contributed by atoms with Crippen LogP contribution in [0.25, 0.3) is 11.4 Å². The van der Waals surface area contributed by atoms with E-state index in [1.54, 1.807) is 26.4 Å². The van der Waals surface area contributed by atoms with Crippen molar-refractivity contribution in [2.75, 3.05) is 14.2 Å². The molecule has 0 fully saturated rings. The Kier molecular flexibility index (Phi) is 3.24. The van der Waals surface area contributed by atoms with Crippen molar-refractivity contribution in [3.05, 3.63) is 24.0 Å². The summed E-state index contributed by atoms with van der Waals surface area (Å²) in [5.41, 5.74) is 0.661. The molecule has 0 bridgehead atoms. The zero-order valence-electron chi connectivity index (χ0n) is 9.60. The molecule has 0 radical (unpaired) electrons. The summed E-state index contributed by atoms with van der Waals surface area (Å²) in [6, 6.07) is 5.42. The molecule has 0 aliphatic heterocycles. The molecule has 0 aliphatic carbocycles. The number of methoxy groups -OCH3 is 2. The van der Waals surface area contributed by atoms with Crippen LogP contribution in [0.4, 0.5) is 0 Å². The lowest BCUT2D eigenvalue weighted by Crippen LogP contribution is -1.94. The maximum atomic E-state index is 8.95. The van der Waals surface area contributed by atoms with Crippen molar-refractivity contribution in [1.29, 1.82) is 0 Å². The minimum absolute atomic E-state index is 0.190. The van der Waals surface area contributed by atoms with Crippen molar-refractivity contribution in [1.82, 2.24) is 15.2 Å². The Morgan fingerprint density at radius 1 is 1.24 bits per heavy atom. The molecule has 0 atom stereocenters. The van der Waals surface area contributed by atoms with Crippen LogP contribution in [0.1, 0.15) is 5.82 Å². The molecule has 6 nitrogen and oxygen atoms in total. The van der Waals surface area contributed by atoms with Crippen molar-refractivity contribution in [2.24, 2.45) is 0 Å². The molecule has 6 heteroatoms. The third-order valence-corrected chi connectivity index (χ3v) is 2.33. The Morgan fingerprint density at radius 2 is 1.88 bits per heavy atom. The summed E-state index contributed by atoms with van der Waals surface area (Å²) < 4.78 is 10.5. The summed E-state index contributed by atoms with van der Waals surface area (Å²) in [6.07, 6.45) is 0. The lowest BCUT2D eigenvalue weighted by molar-refractivity contribution is 0.272. The number of rotatable bonds is 4. The molecule has 0 aliphatic rings. The molecule has 0 saturated heterocycles. The van der Waals surface area contributed by atoms with Gasteiger partial charge in [-0.1, -0.05) is 6.07 Å². The molecule has 0 amide bonds. The molecule has 17 heavy (non-hydrogen) atoms. The molecule has 1 heterocycles. The van der Waals surface area contributed by atoms with Crippen LogP contribution in [0, 0.1) is 0 Å². The summed E-state index contributed by atoms with van der Waals surface area (Å²) in [4.78, 5) is 4.14. The highest BCUT2D eigenvalue weighted by Gasteiger charge is 2.16. The molecule has 0 unspecified atom stereocenters. The van der Waals surface area contributed by atoms with E-state index in [0.717, 1.165) is 0 Å². The van der Waals surface area contributed by atoms with E-state index in [2.05, 4.69) is 15.2 Å². The standard InChI is InChI=1S/C11H13N3O3/c1-16-7-4-3-5-8(17-2)10(7)11-12-9(6-15)13-14-11/h3-5,15H,6H2,1-2H3,(H,12,13,14). The third kappa shape index (κ3) is 2.07. The second-order valence-corrected chi connectivity index (χ2v) is 3.30. The molecule has 1 aromatic heterocycles. The van der Waals surface area contributed by atoms with Gasteiger partial charge in [-0.3, -0.25) is 5.10 Å².